The van der Waals surface area contributed by atoms with Gasteiger partial charge in [-0.1, -0.05) is 0 Å². The van der Waals surface area contributed by atoms with E-state index in [2.05, 4.69) is 10.6 Å². The molecule has 6 N–H and O–H groups in total. The Kier molecular flexibility index (Phi) is 6.55. The number of carboxylic acids is 1. The Bertz CT molecular complexity index is 569. The summed E-state index contributed by atoms with van der Waals surface area (Å²) in [6, 6.07) is 6.44. The summed E-state index contributed by atoms with van der Waals surface area (Å²) in [5.41, 5.74) is 6.41. The van der Waals surface area contributed by atoms with Crippen LogP contribution >= 0.6 is 0 Å². The van der Waals surface area contributed by atoms with Crippen LogP contribution in [0.3, 0.4) is 0 Å². The number of hydrogen-bond acceptors (Lipinski definition) is 4. The zero-order valence-corrected chi connectivity index (χ0v) is 11.9. The molecule has 0 unspecified atom stereocenters. The molecule has 0 atom stereocenters. The molecule has 1 aromatic carbocycles. The molecule has 0 fully saturated rings. The number of anilines is 1. The van der Waals surface area contributed by atoms with Gasteiger partial charge in [-0.15, -0.1) is 0 Å². The number of hydrogen-bond donors (Lipinski definition) is 5. The van der Waals surface area contributed by atoms with E-state index < -0.39 is 5.97 Å². The number of nitrogens with one attached hydrogen (secondary N) is 3. The van der Waals surface area contributed by atoms with E-state index in [4.69, 9.17) is 16.2 Å². The highest BCUT2D eigenvalue weighted by Crippen LogP contribution is 2.09. The van der Waals surface area contributed by atoms with Crippen LogP contribution in [-0.2, 0) is 14.4 Å². The lowest BCUT2D eigenvalue weighted by molar-refractivity contribution is -0.137. The third-order valence-electron chi connectivity index (χ3n) is 2.72. The van der Waals surface area contributed by atoms with Crippen molar-refractivity contribution >= 4 is 29.3 Å². The first-order valence-corrected chi connectivity index (χ1v) is 6.61. The maximum Gasteiger partial charge on any atom is 0.305 e. The van der Waals surface area contributed by atoms with E-state index in [9.17, 15) is 14.4 Å². The fourth-order valence-electron chi connectivity index (χ4n) is 1.58. The Hall–Kier alpha value is -2.90. The number of aliphatic carboxylic acids is 1. The molecule has 22 heavy (non-hydrogen) atoms. The van der Waals surface area contributed by atoms with E-state index in [1.165, 1.54) is 0 Å². The Balaban J connectivity index is 2.32. The van der Waals surface area contributed by atoms with Crippen LogP contribution in [0.4, 0.5) is 5.69 Å². The van der Waals surface area contributed by atoms with Crippen molar-refractivity contribution < 1.29 is 19.5 Å². The fraction of sp³-hybridized carbons (Fsp3) is 0.286. The topological polar surface area (TPSA) is 145 Å². The number of nitrogens with two attached hydrogens (primary N) is 1. The van der Waals surface area contributed by atoms with E-state index in [1.54, 1.807) is 24.3 Å². The smallest absolute Gasteiger partial charge is 0.305 e. The number of carbonyl (C=O) groups is 3. The predicted molar refractivity (Wildman–Crippen MR) is 80.6 cm³/mol. The maximum absolute atomic E-state index is 11.7. The number of rotatable bonds is 8. The average molecular weight is 306 g/mol. The SMILES string of the molecule is N=C(N)c1ccc(NC(=O)CCC(=O)NCCC(=O)O)cc1. The lowest BCUT2D eigenvalue weighted by Crippen LogP contribution is -2.27. The largest absolute Gasteiger partial charge is 0.481 e. The van der Waals surface area contributed by atoms with Gasteiger partial charge in [0.15, 0.2) is 0 Å². The van der Waals surface area contributed by atoms with Gasteiger partial charge < -0.3 is 21.5 Å². The molecule has 0 spiro atoms. The third kappa shape index (κ3) is 6.51. The van der Waals surface area contributed by atoms with Gasteiger partial charge in [-0.3, -0.25) is 19.8 Å². The highest BCUT2D eigenvalue weighted by molar-refractivity contribution is 5.96. The molecule has 0 bridgehead atoms. The summed E-state index contributed by atoms with van der Waals surface area (Å²) >= 11 is 0. The van der Waals surface area contributed by atoms with Crippen molar-refractivity contribution in [1.82, 2.24) is 5.32 Å². The summed E-state index contributed by atoms with van der Waals surface area (Å²) in [4.78, 5) is 33.3. The Morgan fingerprint density at radius 1 is 1.05 bits per heavy atom. The van der Waals surface area contributed by atoms with Gasteiger partial charge in [0.2, 0.25) is 11.8 Å². The van der Waals surface area contributed by atoms with E-state index >= 15 is 0 Å². The molecule has 1 aromatic rings. The molecule has 1 rings (SSSR count). The zero-order valence-electron chi connectivity index (χ0n) is 11.9. The first kappa shape index (κ1) is 17.2. The lowest BCUT2D eigenvalue weighted by atomic mass is 10.2. The van der Waals surface area contributed by atoms with E-state index in [0.717, 1.165) is 0 Å². The van der Waals surface area contributed by atoms with Gasteiger partial charge in [-0.2, -0.15) is 0 Å². The van der Waals surface area contributed by atoms with Crippen LogP contribution in [0.2, 0.25) is 0 Å². The van der Waals surface area contributed by atoms with Gasteiger partial charge in [0, 0.05) is 30.6 Å². The number of amidine groups is 1. The second-order valence-electron chi connectivity index (χ2n) is 4.53. The van der Waals surface area contributed by atoms with Crippen molar-refractivity contribution in [2.45, 2.75) is 19.3 Å². The molecule has 8 heteroatoms. The monoisotopic (exact) mass is 306 g/mol. The number of nitrogen functional groups attached to an aromatic ring is 1. The summed E-state index contributed by atoms with van der Waals surface area (Å²) in [6.45, 7) is 0.0439. The first-order chi connectivity index (χ1) is 10.4. The van der Waals surface area contributed by atoms with Crippen molar-refractivity contribution in [3.63, 3.8) is 0 Å². The van der Waals surface area contributed by atoms with Crippen LogP contribution < -0.4 is 16.4 Å². The molecule has 0 aliphatic rings. The molecule has 0 heterocycles. The van der Waals surface area contributed by atoms with Crippen molar-refractivity contribution in [3.05, 3.63) is 29.8 Å². The summed E-state index contributed by atoms with van der Waals surface area (Å²) in [5, 5.41) is 20.7. The minimum atomic E-state index is -0.993. The van der Waals surface area contributed by atoms with Crippen LogP contribution in [0.15, 0.2) is 24.3 Å². The lowest BCUT2D eigenvalue weighted by Gasteiger charge is -2.06. The molecule has 0 radical (unpaired) electrons. The van der Waals surface area contributed by atoms with Gasteiger partial charge >= 0.3 is 5.97 Å². The highest BCUT2D eigenvalue weighted by Gasteiger charge is 2.08. The van der Waals surface area contributed by atoms with Crippen molar-refractivity contribution in [1.29, 1.82) is 5.41 Å². The minimum Gasteiger partial charge on any atom is -0.481 e. The second kappa shape index (κ2) is 8.40. The van der Waals surface area contributed by atoms with E-state index in [-0.39, 0.29) is 43.5 Å². The van der Waals surface area contributed by atoms with Gasteiger partial charge in [0.05, 0.1) is 6.42 Å². The van der Waals surface area contributed by atoms with Gasteiger partial charge in [-0.25, -0.2) is 0 Å². The first-order valence-electron chi connectivity index (χ1n) is 6.61. The average Bonchev–Trinajstić information content (AvgIpc) is 2.45. The second-order valence-corrected chi connectivity index (χ2v) is 4.53. The van der Waals surface area contributed by atoms with Crippen LogP contribution in [0.1, 0.15) is 24.8 Å². The van der Waals surface area contributed by atoms with Crippen molar-refractivity contribution in [2.24, 2.45) is 5.73 Å². The Morgan fingerprint density at radius 2 is 1.64 bits per heavy atom. The third-order valence-corrected chi connectivity index (χ3v) is 2.72. The summed E-state index contributed by atoms with van der Waals surface area (Å²) in [7, 11) is 0. The summed E-state index contributed by atoms with van der Waals surface area (Å²) in [5.74, 6) is -1.75. The minimum absolute atomic E-state index is 0.00658. The maximum atomic E-state index is 11.7. The molecule has 0 saturated heterocycles. The standard InChI is InChI=1S/C14H18N4O4/c15-14(16)9-1-3-10(4-2-9)18-12(20)6-5-11(19)17-8-7-13(21)22/h1-4H,5-8H2,(H3,15,16)(H,17,19)(H,18,20)(H,21,22). The van der Waals surface area contributed by atoms with E-state index in [1.807, 2.05) is 0 Å². The van der Waals surface area contributed by atoms with Crippen LogP contribution in [0.25, 0.3) is 0 Å². The summed E-state index contributed by atoms with van der Waals surface area (Å²) in [6.07, 6.45) is -0.176. The number of amides is 2. The molecule has 118 valence electrons. The molecular weight excluding hydrogens is 288 g/mol. The van der Waals surface area contributed by atoms with Crippen molar-refractivity contribution in [2.75, 3.05) is 11.9 Å². The van der Waals surface area contributed by atoms with Crippen LogP contribution in [0, 0.1) is 5.41 Å². The van der Waals surface area contributed by atoms with Crippen LogP contribution in [-0.4, -0.2) is 35.3 Å². The predicted octanol–water partition coefficient (Wildman–Crippen LogP) is 0.280. The molecule has 2 amide bonds. The molecular formula is C14H18N4O4. The van der Waals surface area contributed by atoms with E-state index in [0.29, 0.717) is 11.3 Å². The van der Waals surface area contributed by atoms with Gasteiger partial charge in [-0.05, 0) is 24.3 Å². The summed E-state index contributed by atoms with van der Waals surface area (Å²) < 4.78 is 0. The fourth-order valence-corrected chi connectivity index (χ4v) is 1.58. The molecule has 0 aromatic heterocycles. The molecule has 8 nitrogen and oxygen atoms in total. The normalized spacial score (nSPS) is 9.82. The number of carbonyl (C=O) groups excluding carboxylic acids is 2. The molecule has 0 saturated carbocycles. The zero-order chi connectivity index (χ0) is 16.5. The molecule has 0 aliphatic heterocycles. The quantitative estimate of drug-likeness (QED) is 0.346. The van der Waals surface area contributed by atoms with Gasteiger partial charge in [0.25, 0.3) is 0 Å². The van der Waals surface area contributed by atoms with Gasteiger partial charge in [0.1, 0.15) is 5.84 Å². The van der Waals surface area contributed by atoms with Crippen LogP contribution in [0.5, 0.6) is 0 Å². The molecule has 0 aliphatic carbocycles. The van der Waals surface area contributed by atoms with Crippen molar-refractivity contribution in [3.8, 4) is 0 Å². The number of benzene rings is 1. The highest BCUT2D eigenvalue weighted by atomic mass is 16.4. The Labute approximate surface area is 127 Å². The Morgan fingerprint density at radius 3 is 2.18 bits per heavy atom. The number of carboxylic acid groups (broad SMARTS) is 1.